The van der Waals surface area contributed by atoms with Crippen molar-refractivity contribution in [2.75, 3.05) is 6.54 Å². The number of carbonyl (C=O) groups excluding carboxylic acids is 2. The zero-order valence-electron chi connectivity index (χ0n) is 11.6. The number of Topliss-reactive ketones (excluding diaryl/α,β-unsaturated/α-hetero) is 1. The Hall–Kier alpha value is -1.32. The van der Waals surface area contributed by atoms with Gasteiger partial charge in [-0.25, -0.2) is 0 Å². The normalized spacial score (nSPS) is 11.3. The van der Waals surface area contributed by atoms with Gasteiger partial charge in [-0.05, 0) is 39.5 Å². The number of nitrogens with two attached hydrogens (primary N) is 1. The van der Waals surface area contributed by atoms with Gasteiger partial charge in [0.25, 0.3) is 0 Å². The van der Waals surface area contributed by atoms with Crippen molar-refractivity contribution in [2.45, 2.75) is 58.8 Å². The summed E-state index contributed by atoms with van der Waals surface area (Å²) in [6.07, 6.45) is 7.48. The lowest BCUT2D eigenvalue weighted by atomic mass is 10.1. The van der Waals surface area contributed by atoms with Gasteiger partial charge in [-0.3, -0.25) is 4.79 Å². The second-order valence-electron chi connectivity index (χ2n) is 4.58. The highest BCUT2D eigenvalue weighted by Crippen LogP contribution is 2.02. The van der Waals surface area contributed by atoms with Crippen LogP contribution in [0.25, 0.3) is 0 Å². The summed E-state index contributed by atoms with van der Waals surface area (Å²) < 4.78 is 0. The minimum atomic E-state index is 0.0884. The number of allylic oxidation sites excluding steroid dienone is 2. The molecule has 0 aromatic rings. The first-order valence-electron chi connectivity index (χ1n) is 6.73. The van der Waals surface area contributed by atoms with Crippen LogP contribution in [0.1, 0.15) is 58.8 Å². The summed E-state index contributed by atoms with van der Waals surface area (Å²) in [5, 5.41) is 2.88. The molecule has 0 unspecified atom stereocenters. The minimum Gasteiger partial charge on any atom is -0.402 e. The molecule has 1 amide bonds. The number of unbranched alkanes of at least 4 members (excludes halogenated alkanes) is 2. The minimum absolute atomic E-state index is 0.0884. The fraction of sp³-hybridized carbons (Fsp3) is 0.714. The van der Waals surface area contributed by atoms with E-state index in [1.165, 1.54) is 0 Å². The van der Waals surface area contributed by atoms with Gasteiger partial charge >= 0.3 is 0 Å². The van der Waals surface area contributed by atoms with Gasteiger partial charge in [0, 0.05) is 25.1 Å². The lowest BCUT2D eigenvalue weighted by molar-refractivity contribution is -0.121. The van der Waals surface area contributed by atoms with Crippen molar-refractivity contribution in [3.8, 4) is 0 Å². The molecule has 0 bridgehead atoms. The van der Waals surface area contributed by atoms with Crippen molar-refractivity contribution in [2.24, 2.45) is 5.73 Å². The maximum absolute atomic E-state index is 11.4. The molecule has 0 spiro atoms. The maximum atomic E-state index is 11.4. The predicted octanol–water partition coefficient (Wildman–Crippen LogP) is 2.28. The van der Waals surface area contributed by atoms with Crippen molar-refractivity contribution in [3.63, 3.8) is 0 Å². The number of hydrogen-bond acceptors (Lipinski definition) is 3. The number of ketones is 1. The Morgan fingerprint density at radius 3 is 2.39 bits per heavy atom. The third-order valence-corrected chi connectivity index (χ3v) is 2.77. The van der Waals surface area contributed by atoms with E-state index in [0.717, 1.165) is 37.8 Å². The highest BCUT2D eigenvalue weighted by molar-refractivity contribution is 5.76. The average Bonchev–Trinajstić information content (AvgIpc) is 2.33. The molecule has 104 valence electrons. The van der Waals surface area contributed by atoms with Gasteiger partial charge in [0.05, 0.1) is 0 Å². The number of hydrogen-bond donors (Lipinski definition) is 2. The molecule has 0 aliphatic carbocycles. The Labute approximate surface area is 110 Å². The fourth-order valence-corrected chi connectivity index (χ4v) is 1.59. The van der Waals surface area contributed by atoms with Gasteiger partial charge < -0.3 is 15.8 Å². The van der Waals surface area contributed by atoms with E-state index in [1.807, 2.05) is 13.0 Å². The van der Waals surface area contributed by atoms with Crippen LogP contribution in [0.2, 0.25) is 0 Å². The molecule has 0 rings (SSSR count). The molecule has 0 aliphatic heterocycles. The van der Waals surface area contributed by atoms with Gasteiger partial charge in [-0.2, -0.15) is 0 Å². The maximum Gasteiger partial charge on any atom is 0.220 e. The predicted molar refractivity (Wildman–Crippen MR) is 74.0 cm³/mol. The molecule has 0 aliphatic rings. The summed E-state index contributed by atoms with van der Waals surface area (Å²) in [5.41, 5.74) is 6.48. The Bertz CT molecular complexity index is 286. The molecule has 0 aromatic heterocycles. The molecular formula is C14H26N2O2. The average molecular weight is 254 g/mol. The molecule has 0 fully saturated rings. The van der Waals surface area contributed by atoms with Crippen LogP contribution in [0.5, 0.6) is 0 Å². The fourth-order valence-electron chi connectivity index (χ4n) is 1.59. The van der Waals surface area contributed by atoms with Gasteiger partial charge in [-0.1, -0.05) is 12.5 Å². The summed E-state index contributed by atoms with van der Waals surface area (Å²) in [7, 11) is 0. The zero-order chi connectivity index (χ0) is 13.8. The van der Waals surface area contributed by atoms with Crippen molar-refractivity contribution in [1.82, 2.24) is 5.32 Å². The monoisotopic (exact) mass is 254 g/mol. The standard InChI is InChI=1S/C14H26N2O2/c1-3-13(15)9-7-10-14(18)16-11-6-4-5-8-12(2)17/h3H,4-11,15H2,1-2H3,(H,16,18)/b13-3-. The number of amides is 1. The van der Waals surface area contributed by atoms with Gasteiger partial charge in [0.2, 0.25) is 5.91 Å². The first-order chi connectivity index (χ1) is 8.56. The van der Waals surface area contributed by atoms with E-state index in [2.05, 4.69) is 5.32 Å². The summed E-state index contributed by atoms with van der Waals surface area (Å²) in [6.45, 7) is 4.21. The van der Waals surface area contributed by atoms with E-state index < -0.39 is 0 Å². The SMILES string of the molecule is C/C=C(\N)CCCC(=O)NCCCCCC(C)=O. The van der Waals surface area contributed by atoms with Crippen molar-refractivity contribution in [3.05, 3.63) is 11.8 Å². The highest BCUT2D eigenvalue weighted by Gasteiger charge is 2.01. The number of nitrogens with one attached hydrogen (secondary N) is 1. The summed E-state index contributed by atoms with van der Waals surface area (Å²) in [5.74, 6) is 0.325. The Kier molecular flexibility index (Phi) is 10.0. The van der Waals surface area contributed by atoms with Crippen LogP contribution in [-0.4, -0.2) is 18.2 Å². The Morgan fingerprint density at radius 2 is 1.78 bits per heavy atom. The molecular weight excluding hydrogens is 228 g/mol. The van der Waals surface area contributed by atoms with Crippen LogP contribution >= 0.6 is 0 Å². The summed E-state index contributed by atoms with van der Waals surface area (Å²) in [4.78, 5) is 22.1. The zero-order valence-corrected chi connectivity index (χ0v) is 11.6. The van der Waals surface area contributed by atoms with Crippen LogP contribution in [0.3, 0.4) is 0 Å². The van der Waals surface area contributed by atoms with Crippen LogP contribution < -0.4 is 11.1 Å². The third kappa shape index (κ3) is 11.2. The first kappa shape index (κ1) is 16.7. The quantitative estimate of drug-likeness (QED) is 0.587. The van der Waals surface area contributed by atoms with Crippen molar-refractivity contribution in [1.29, 1.82) is 0 Å². The Balaban J connectivity index is 3.35. The second kappa shape index (κ2) is 10.8. The topological polar surface area (TPSA) is 72.2 Å². The third-order valence-electron chi connectivity index (χ3n) is 2.77. The molecule has 18 heavy (non-hydrogen) atoms. The van der Waals surface area contributed by atoms with Crippen LogP contribution in [-0.2, 0) is 9.59 Å². The van der Waals surface area contributed by atoms with Crippen molar-refractivity contribution >= 4 is 11.7 Å². The van der Waals surface area contributed by atoms with E-state index in [1.54, 1.807) is 6.92 Å². The van der Waals surface area contributed by atoms with E-state index in [0.29, 0.717) is 19.4 Å². The molecule has 0 aromatic carbocycles. The van der Waals surface area contributed by atoms with Crippen LogP contribution in [0, 0.1) is 0 Å². The van der Waals surface area contributed by atoms with Gasteiger partial charge in [-0.15, -0.1) is 0 Å². The molecule has 3 N–H and O–H groups in total. The van der Waals surface area contributed by atoms with Crippen LogP contribution in [0.4, 0.5) is 0 Å². The highest BCUT2D eigenvalue weighted by atomic mass is 16.1. The van der Waals surface area contributed by atoms with E-state index in [4.69, 9.17) is 5.73 Å². The van der Waals surface area contributed by atoms with Crippen molar-refractivity contribution < 1.29 is 9.59 Å². The summed E-state index contributed by atoms with van der Waals surface area (Å²) in [6, 6.07) is 0. The van der Waals surface area contributed by atoms with Crippen LogP contribution in [0.15, 0.2) is 11.8 Å². The molecule has 4 heteroatoms. The lowest BCUT2D eigenvalue weighted by Crippen LogP contribution is -2.24. The van der Waals surface area contributed by atoms with Gasteiger partial charge in [0.1, 0.15) is 5.78 Å². The lowest BCUT2D eigenvalue weighted by Gasteiger charge is -2.05. The first-order valence-corrected chi connectivity index (χ1v) is 6.73. The molecule has 4 nitrogen and oxygen atoms in total. The second-order valence-corrected chi connectivity index (χ2v) is 4.58. The Morgan fingerprint density at radius 1 is 1.06 bits per heavy atom. The van der Waals surface area contributed by atoms with E-state index >= 15 is 0 Å². The molecule has 0 radical (unpaired) electrons. The molecule has 0 atom stereocenters. The van der Waals surface area contributed by atoms with E-state index in [-0.39, 0.29) is 11.7 Å². The number of carbonyl (C=O) groups is 2. The van der Waals surface area contributed by atoms with E-state index in [9.17, 15) is 9.59 Å². The molecule has 0 saturated heterocycles. The molecule has 0 saturated carbocycles. The number of rotatable bonds is 10. The molecule has 0 heterocycles. The largest absolute Gasteiger partial charge is 0.402 e. The van der Waals surface area contributed by atoms with Gasteiger partial charge in [0.15, 0.2) is 0 Å². The summed E-state index contributed by atoms with van der Waals surface area (Å²) >= 11 is 0. The smallest absolute Gasteiger partial charge is 0.220 e.